The number of esters is 2. The van der Waals surface area contributed by atoms with Gasteiger partial charge in [0, 0.05) is 19.0 Å². The number of rotatable bonds is 39. The van der Waals surface area contributed by atoms with Crippen LogP contribution < -0.4 is 11.4 Å². The van der Waals surface area contributed by atoms with E-state index in [1.165, 1.54) is 31.7 Å². The highest BCUT2D eigenvalue weighted by molar-refractivity contribution is 7.61. The van der Waals surface area contributed by atoms with Crippen LogP contribution in [0, 0.1) is 0 Å². The van der Waals surface area contributed by atoms with Gasteiger partial charge in [-0.15, -0.1) is 0 Å². The van der Waals surface area contributed by atoms with Gasteiger partial charge in [-0.1, -0.05) is 113 Å². The van der Waals surface area contributed by atoms with Gasteiger partial charge in [-0.25, -0.2) is 13.9 Å². The highest BCUT2D eigenvalue weighted by Gasteiger charge is 2.46. The molecule has 1 aliphatic rings. The normalized spacial score (nSPS) is 20.7. The average molecular weight is 1030 g/mol. The fourth-order valence-electron chi connectivity index (χ4n) is 6.86. The van der Waals surface area contributed by atoms with Crippen LogP contribution in [0.1, 0.15) is 148 Å². The number of hydrogen-bond donors (Lipinski definition) is 7. The zero-order valence-electron chi connectivity index (χ0n) is 40.8. The van der Waals surface area contributed by atoms with E-state index in [4.69, 9.17) is 29.0 Å². The van der Waals surface area contributed by atoms with Gasteiger partial charge in [0.15, 0.2) is 12.3 Å². The van der Waals surface area contributed by atoms with E-state index in [1.54, 1.807) is 6.08 Å². The monoisotopic (exact) mass is 1030 g/mol. The number of phosphoric acid groups is 2. The first-order valence-corrected chi connectivity index (χ1v) is 27.5. The summed E-state index contributed by atoms with van der Waals surface area (Å²) in [6.07, 6.45) is 26.1. The molecule has 2 rings (SSSR count). The van der Waals surface area contributed by atoms with Crippen LogP contribution in [0.2, 0.25) is 0 Å². The molecule has 1 aliphatic heterocycles. The zero-order chi connectivity index (χ0) is 51.6. The molecule has 1 fully saturated rings. The van der Waals surface area contributed by atoms with Crippen molar-refractivity contribution in [1.29, 1.82) is 0 Å². The SMILES string of the molecule is CC/C=C\C/C=C\C/C=C\C/C=C\C[C@@H](O)[C@H](O)CCCC(=O)O[C@H](COC(=O)CCCCCCC/C=C\CCCCCC)COP(=O)(O)OP(=O)(O)OC[C@H]1O[C@@H](n2ccc(N)nc2=O)[C@H](O)[C@@H]1O. The summed E-state index contributed by atoms with van der Waals surface area (Å²) in [5.41, 5.74) is 4.55. The fourth-order valence-corrected chi connectivity index (χ4v) is 8.97. The lowest BCUT2D eigenvalue weighted by Crippen LogP contribution is -2.36. The molecule has 398 valence electrons. The summed E-state index contributed by atoms with van der Waals surface area (Å²) < 4.78 is 56.4. The number of phosphoric ester groups is 2. The van der Waals surface area contributed by atoms with Gasteiger partial charge >= 0.3 is 33.3 Å². The van der Waals surface area contributed by atoms with Crippen LogP contribution in [0.3, 0.4) is 0 Å². The van der Waals surface area contributed by atoms with Crippen LogP contribution in [0.4, 0.5) is 5.82 Å². The lowest BCUT2D eigenvalue weighted by atomic mass is 10.0. The predicted molar refractivity (Wildman–Crippen MR) is 264 cm³/mol. The van der Waals surface area contributed by atoms with E-state index < -0.39 is 95.9 Å². The van der Waals surface area contributed by atoms with E-state index in [0.29, 0.717) is 12.8 Å². The minimum atomic E-state index is -5.50. The van der Waals surface area contributed by atoms with E-state index in [9.17, 15) is 53.7 Å². The highest BCUT2D eigenvalue weighted by atomic mass is 31.3. The molecule has 1 saturated heterocycles. The van der Waals surface area contributed by atoms with Crippen LogP contribution in [-0.4, -0.2) is 108 Å². The molecule has 0 spiro atoms. The largest absolute Gasteiger partial charge is 0.481 e. The molecule has 20 nitrogen and oxygen atoms in total. The van der Waals surface area contributed by atoms with Crippen molar-refractivity contribution < 1.29 is 76.5 Å². The highest BCUT2D eigenvalue weighted by Crippen LogP contribution is 2.60. The number of nitrogens with two attached hydrogens (primary N) is 1. The Labute approximate surface area is 412 Å². The Kier molecular flexibility index (Phi) is 32.4. The molecule has 2 heterocycles. The summed E-state index contributed by atoms with van der Waals surface area (Å²) >= 11 is 0. The number of carbonyl (C=O) groups is 2. The molecule has 22 heteroatoms. The van der Waals surface area contributed by atoms with Crippen molar-refractivity contribution >= 4 is 33.4 Å². The van der Waals surface area contributed by atoms with E-state index in [-0.39, 0.29) is 37.9 Å². The first-order chi connectivity index (χ1) is 33.5. The minimum Gasteiger partial charge on any atom is -0.462 e. The van der Waals surface area contributed by atoms with Crippen LogP contribution in [0.25, 0.3) is 0 Å². The number of ether oxygens (including phenoxy) is 3. The van der Waals surface area contributed by atoms with Crippen molar-refractivity contribution in [2.75, 3.05) is 25.6 Å². The Hall–Kier alpha value is -3.62. The lowest BCUT2D eigenvalue weighted by molar-refractivity contribution is -0.161. The molecule has 0 saturated carbocycles. The molecule has 8 N–H and O–H groups in total. The maximum atomic E-state index is 12.9. The molecular formula is C48H79N3O17P2. The molecule has 2 unspecified atom stereocenters. The number of hydrogen-bond acceptors (Lipinski definition) is 17. The molecular weight excluding hydrogens is 952 g/mol. The summed E-state index contributed by atoms with van der Waals surface area (Å²) in [5.74, 6) is -1.62. The number of unbranched alkanes of at least 4 members (excludes halogenated alkanes) is 9. The van der Waals surface area contributed by atoms with Crippen molar-refractivity contribution in [2.45, 2.75) is 185 Å². The predicted octanol–water partition coefficient (Wildman–Crippen LogP) is 7.49. The third kappa shape index (κ3) is 28.4. The van der Waals surface area contributed by atoms with Crippen LogP contribution in [0.15, 0.2) is 77.8 Å². The maximum absolute atomic E-state index is 12.9. The van der Waals surface area contributed by atoms with Gasteiger partial charge in [-0.2, -0.15) is 9.29 Å². The Bertz CT molecular complexity index is 1940. The summed E-state index contributed by atoms with van der Waals surface area (Å²) in [6, 6.07) is 1.23. The molecule has 0 aromatic carbocycles. The Morgan fingerprint density at radius 1 is 0.757 bits per heavy atom. The zero-order valence-corrected chi connectivity index (χ0v) is 42.6. The molecule has 1 aromatic heterocycles. The number of nitrogens with zero attached hydrogens (tertiary/aromatic N) is 2. The molecule has 70 heavy (non-hydrogen) atoms. The van der Waals surface area contributed by atoms with Gasteiger partial charge in [-0.05, 0) is 83.1 Å². The molecule has 0 aliphatic carbocycles. The topological polar surface area (TPSA) is 306 Å². The van der Waals surface area contributed by atoms with Gasteiger partial charge in [0.1, 0.15) is 30.7 Å². The number of aromatic nitrogens is 2. The average Bonchev–Trinajstić information content (AvgIpc) is 3.59. The Morgan fingerprint density at radius 2 is 1.34 bits per heavy atom. The first-order valence-electron chi connectivity index (χ1n) is 24.5. The van der Waals surface area contributed by atoms with Gasteiger partial charge in [0.25, 0.3) is 0 Å². The van der Waals surface area contributed by atoms with Crippen molar-refractivity contribution in [3.05, 3.63) is 83.5 Å². The number of carbonyl (C=O) groups excluding carboxylic acids is 2. The molecule has 9 atom stereocenters. The quantitative estimate of drug-likeness (QED) is 0.0145. The fraction of sp³-hybridized carbons (Fsp3) is 0.667. The molecule has 0 radical (unpaired) electrons. The minimum absolute atomic E-state index is 0.0287. The lowest BCUT2D eigenvalue weighted by Gasteiger charge is -2.22. The number of aliphatic hydroxyl groups excluding tert-OH is 4. The van der Waals surface area contributed by atoms with E-state index >= 15 is 0 Å². The number of aliphatic hydroxyl groups is 4. The van der Waals surface area contributed by atoms with Gasteiger partial charge in [0.05, 0.1) is 25.4 Å². The van der Waals surface area contributed by atoms with Crippen molar-refractivity contribution in [2.24, 2.45) is 0 Å². The van der Waals surface area contributed by atoms with E-state index in [1.807, 2.05) is 18.2 Å². The second kappa shape index (κ2) is 36.3. The summed E-state index contributed by atoms with van der Waals surface area (Å²) in [5, 5.41) is 41.8. The molecule has 0 bridgehead atoms. The van der Waals surface area contributed by atoms with Crippen molar-refractivity contribution in [3.63, 3.8) is 0 Å². The number of nitrogen functional groups attached to an aromatic ring is 1. The second-order valence-electron chi connectivity index (χ2n) is 16.9. The van der Waals surface area contributed by atoms with Gasteiger partial charge < -0.3 is 50.2 Å². The summed E-state index contributed by atoms with van der Waals surface area (Å²) in [4.78, 5) is 61.9. The van der Waals surface area contributed by atoms with E-state index in [2.05, 4.69) is 59.6 Å². The van der Waals surface area contributed by atoms with E-state index in [0.717, 1.165) is 68.6 Å². The number of allylic oxidation sites excluding steroid dienone is 9. The van der Waals surface area contributed by atoms with Crippen LogP contribution in [0.5, 0.6) is 0 Å². The molecule has 1 aromatic rings. The second-order valence-corrected chi connectivity index (χ2v) is 19.9. The summed E-state index contributed by atoms with van der Waals surface area (Å²) in [6.45, 7) is 1.71. The van der Waals surface area contributed by atoms with Gasteiger partial charge in [0.2, 0.25) is 0 Å². The van der Waals surface area contributed by atoms with Crippen LogP contribution in [-0.2, 0) is 46.3 Å². The summed E-state index contributed by atoms with van der Waals surface area (Å²) in [7, 11) is -11.0. The Morgan fingerprint density at radius 3 is 1.99 bits per heavy atom. The maximum Gasteiger partial charge on any atom is 0.481 e. The smallest absolute Gasteiger partial charge is 0.462 e. The van der Waals surface area contributed by atoms with Crippen molar-refractivity contribution in [1.82, 2.24) is 9.55 Å². The van der Waals surface area contributed by atoms with Crippen molar-refractivity contribution in [3.8, 4) is 0 Å². The third-order valence-corrected chi connectivity index (χ3v) is 13.4. The van der Waals surface area contributed by atoms with Crippen LogP contribution >= 0.6 is 15.6 Å². The molecule has 0 amide bonds. The Balaban J connectivity index is 1.89. The first kappa shape index (κ1) is 62.5. The van der Waals surface area contributed by atoms with Gasteiger partial charge in [-0.3, -0.25) is 23.2 Å². The standard InChI is InChI=1S/C48H79N3O17P2/c1-3-5-7-9-11-13-15-17-19-21-23-25-27-31-43(54)63-35-38(66-44(55)32-28-30-40(53)39(52)29-26-24-22-20-18-16-14-12-10-8-6-4-2)36-64-69(59,60)68-70(61,62)65-37-41-45(56)46(57)47(67-41)51-34-33-42(49)50-48(51)58/h6,8,12-15,18,20,24,26,33-34,38-41,45-47,52-53,56-57H,3-5,7,9-11,16-17,19,21-23,25,27-32,35-37H2,1-2H3,(H,59,60)(H,61,62)(H2,49,50,58)/b8-6-,14-12-,15-13-,20-18-,26-24-/t38-,39-,40-,41-,45-,46-,47-/m1/s1. The third-order valence-electron chi connectivity index (χ3n) is 10.8. The number of anilines is 1.